The van der Waals surface area contributed by atoms with Gasteiger partial charge in [0.25, 0.3) is 0 Å². The van der Waals surface area contributed by atoms with Crippen LogP contribution >= 0.6 is 11.8 Å². The topological polar surface area (TPSA) is 0 Å². The van der Waals surface area contributed by atoms with Crippen molar-refractivity contribution < 1.29 is 0 Å². The fourth-order valence-corrected chi connectivity index (χ4v) is 4.86. The van der Waals surface area contributed by atoms with Crippen molar-refractivity contribution in [1.29, 1.82) is 0 Å². The highest BCUT2D eigenvalue weighted by atomic mass is 32.2. The second kappa shape index (κ2) is 6.50. The van der Waals surface area contributed by atoms with Crippen LogP contribution in [0.4, 0.5) is 0 Å². The summed E-state index contributed by atoms with van der Waals surface area (Å²) in [5.74, 6) is 5.87. The Morgan fingerprint density at radius 1 is 1.00 bits per heavy atom. The van der Waals surface area contributed by atoms with Crippen LogP contribution in [0.1, 0.15) is 53.4 Å². The number of hydrogen-bond acceptors (Lipinski definition) is 1. The lowest BCUT2D eigenvalue weighted by atomic mass is 9.67. The Morgan fingerprint density at radius 2 is 1.78 bits per heavy atom. The Kier molecular flexibility index (Phi) is 5.24. The van der Waals surface area contributed by atoms with E-state index in [0.29, 0.717) is 0 Å². The largest absolute Gasteiger partial charge is 0.154 e. The third kappa shape index (κ3) is 3.56. The smallest absolute Gasteiger partial charge is 0.0116 e. The minimum Gasteiger partial charge on any atom is -0.154 e. The normalized spacial score (nSPS) is 45.1. The molecule has 0 aliphatic heterocycles. The van der Waals surface area contributed by atoms with E-state index in [4.69, 9.17) is 0 Å². The van der Waals surface area contributed by atoms with Crippen LogP contribution in [-0.2, 0) is 0 Å². The van der Waals surface area contributed by atoms with Gasteiger partial charge in [0.2, 0.25) is 0 Å². The predicted octanol–water partition coefficient (Wildman–Crippen LogP) is 5.39. The van der Waals surface area contributed by atoms with Crippen molar-refractivity contribution in [3.8, 4) is 0 Å². The lowest BCUT2D eigenvalue weighted by molar-refractivity contribution is 0.145. The van der Waals surface area contributed by atoms with Crippen LogP contribution in [-0.4, -0.2) is 11.0 Å². The van der Waals surface area contributed by atoms with Gasteiger partial charge in [0.1, 0.15) is 0 Å². The lowest BCUT2D eigenvalue weighted by Gasteiger charge is -2.39. The van der Waals surface area contributed by atoms with E-state index in [1.54, 1.807) is 0 Å². The third-order valence-corrected chi connectivity index (χ3v) is 6.86. The first kappa shape index (κ1) is 14.5. The summed E-state index contributed by atoms with van der Waals surface area (Å²) in [7, 11) is 0. The molecule has 0 bridgehead atoms. The second-order valence-corrected chi connectivity index (χ2v) is 8.20. The monoisotopic (exact) mass is 266 g/mol. The molecule has 18 heavy (non-hydrogen) atoms. The van der Waals surface area contributed by atoms with Gasteiger partial charge in [0.05, 0.1) is 0 Å². The average molecular weight is 266 g/mol. The summed E-state index contributed by atoms with van der Waals surface area (Å²) in [6.45, 7) is 9.66. The van der Waals surface area contributed by atoms with Gasteiger partial charge in [-0.05, 0) is 48.9 Å². The van der Waals surface area contributed by atoms with Gasteiger partial charge in [-0.25, -0.2) is 0 Å². The number of hydrogen-bond donors (Lipinski definition) is 0. The van der Waals surface area contributed by atoms with Gasteiger partial charge < -0.3 is 0 Å². The van der Waals surface area contributed by atoms with E-state index < -0.39 is 0 Å². The molecule has 2 aliphatic rings. The molecule has 0 nitrogen and oxygen atoms in total. The Hall–Kier alpha value is 0.0900. The molecule has 2 rings (SSSR count). The molecule has 0 N–H and O–H groups in total. The van der Waals surface area contributed by atoms with Crippen molar-refractivity contribution >= 4 is 11.8 Å². The summed E-state index contributed by atoms with van der Waals surface area (Å²) in [5.41, 5.74) is 0. The third-order valence-electron chi connectivity index (χ3n) is 5.39. The van der Waals surface area contributed by atoms with Crippen molar-refractivity contribution in [1.82, 2.24) is 0 Å². The Bertz CT molecular complexity index is 283. The first-order valence-electron chi connectivity index (χ1n) is 7.86. The van der Waals surface area contributed by atoms with Crippen LogP contribution in [0.25, 0.3) is 0 Å². The van der Waals surface area contributed by atoms with Gasteiger partial charge in [-0.15, -0.1) is 0 Å². The summed E-state index contributed by atoms with van der Waals surface area (Å²) >= 11 is 2.20. The van der Waals surface area contributed by atoms with Gasteiger partial charge in [-0.3, -0.25) is 0 Å². The van der Waals surface area contributed by atoms with Gasteiger partial charge in [-0.2, -0.15) is 11.8 Å². The molecule has 6 unspecified atom stereocenters. The molecule has 0 amide bonds. The number of rotatable bonds is 4. The van der Waals surface area contributed by atoms with Crippen LogP contribution in [0.3, 0.4) is 0 Å². The molecule has 0 aromatic rings. The highest BCUT2D eigenvalue weighted by Crippen LogP contribution is 2.41. The fraction of sp³-hybridized carbons (Fsp3) is 0.882. The zero-order chi connectivity index (χ0) is 13.1. The molecule has 0 heterocycles. The van der Waals surface area contributed by atoms with E-state index in [1.807, 2.05) is 0 Å². The van der Waals surface area contributed by atoms with E-state index in [1.165, 1.54) is 31.4 Å². The minimum atomic E-state index is 0.878. The van der Waals surface area contributed by atoms with E-state index >= 15 is 0 Å². The maximum absolute atomic E-state index is 2.49. The van der Waals surface area contributed by atoms with Crippen molar-refractivity contribution in [2.24, 2.45) is 29.6 Å². The Morgan fingerprint density at radius 3 is 2.44 bits per heavy atom. The summed E-state index contributed by atoms with van der Waals surface area (Å²) in [6.07, 6.45) is 10.7. The molecule has 0 spiro atoms. The van der Waals surface area contributed by atoms with Crippen LogP contribution in [0, 0.1) is 29.6 Å². The van der Waals surface area contributed by atoms with Gasteiger partial charge >= 0.3 is 0 Å². The molecule has 2 saturated carbocycles. The molecule has 104 valence electrons. The zero-order valence-electron chi connectivity index (χ0n) is 12.6. The van der Waals surface area contributed by atoms with Crippen LogP contribution in [0.15, 0.2) is 12.2 Å². The van der Waals surface area contributed by atoms with Gasteiger partial charge in [0.15, 0.2) is 0 Å². The minimum absolute atomic E-state index is 0.878. The molecule has 0 saturated heterocycles. The zero-order valence-corrected chi connectivity index (χ0v) is 13.4. The molecule has 0 aromatic carbocycles. The van der Waals surface area contributed by atoms with E-state index in [-0.39, 0.29) is 0 Å². The Balaban J connectivity index is 1.67. The summed E-state index contributed by atoms with van der Waals surface area (Å²) < 4.78 is 0. The quantitative estimate of drug-likeness (QED) is 0.615. The van der Waals surface area contributed by atoms with E-state index in [9.17, 15) is 0 Å². The lowest BCUT2D eigenvalue weighted by Crippen LogP contribution is -2.30. The molecule has 1 heteroatoms. The van der Waals surface area contributed by atoms with E-state index in [0.717, 1.165) is 34.8 Å². The Labute approximate surface area is 118 Å². The summed E-state index contributed by atoms with van der Waals surface area (Å²) in [5, 5.41) is 0.913. The van der Waals surface area contributed by atoms with Crippen molar-refractivity contribution in [2.75, 3.05) is 5.75 Å². The van der Waals surface area contributed by atoms with Crippen LogP contribution in [0.5, 0.6) is 0 Å². The van der Waals surface area contributed by atoms with Crippen molar-refractivity contribution in [2.45, 2.75) is 58.6 Å². The number of allylic oxidation sites excluding steroid dienone is 1. The second-order valence-electron chi connectivity index (χ2n) is 6.93. The first-order valence-corrected chi connectivity index (χ1v) is 8.91. The van der Waals surface area contributed by atoms with Crippen LogP contribution < -0.4 is 0 Å². The van der Waals surface area contributed by atoms with Gasteiger partial charge in [0, 0.05) is 11.0 Å². The summed E-state index contributed by atoms with van der Waals surface area (Å²) in [4.78, 5) is 0. The predicted molar refractivity (Wildman–Crippen MR) is 84.0 cm³/mol. The highest BCUT2D eigenvalue weighted by Gasteiger charge is 2.32. The average Bonchev–Trinajstić information content (AvgIpc) is 2.36. The highest BCUT2D eigenvalue weighted by molar-refractivity contribution is 8.00. The number of thioether (sulfide) groups is 1. The molecular formula is C17H30S. The van der Waals surface area contributed by atoms with Gasteiger partial charge in [-0.1, -0.05) is 46.3 Å². The maximum atomic E-state index is 2.49. The van der Waals surface area contributed by atoms with Crippen molar-refractivity contribution in [3.05, 3.63) is 12.2 Å². The molecule has 0 aromatic heterocycles. The maximum Gasteiger partial charge on any atom is 0.0116 e. The molecular weight excluding hydrogens is 236 g/mol. The van der Waals surface area contributed by atoms with Crippen molar-refractivity contribution in [3.63, 3.8) is 0 Å². The molecule has 2 fully saturated rings. The molecule has 2 aliphatic carbocycles. The van der Waals surface area contributed by atoms with E-state index in [2.05, 4.69) is 51.6 Å². The molecule has 0 radical (unpaired) electrons. The first-order chi connectivity index (χ1) is 8.58. The standard InChI is InChI=1S/C17H30S/c1-12-7-8-13(2)17(10-12)18-9-5-6-16-11-14(3)15(16)4/h5-6,12-17H,7-11H2,1-4H3/b6-5-. The van der Waals surface area contributed by atoms with Crippen LogP contribution in [0.2, 0.25) is 0 Å². The SMILES string of the molecule is CC1CCC(C)C(SC/C=C\C2CC(C)C2C)C1. The fourth-order valence-electron chi connectivity index (χ4n) is 3.46. The molecule has 6 atom stereocenters. The summed E-state index contributed by atoms with van der Waals surface area (Å²) in [6, 6.07) is 0.